The fraction of sp³-hybridized carbons (Fsp3) is 0. The van der Waals surface area contributed by atoms with Gasteiger partial charge in [0.1, 0.15) is 0 Å². The molecule has 0 spiro atoms. The number of anilines is 2. The summed E-state index contributed by atoms with van der Waals surface area (Å²) in [6.45, 7) is 0. The third-order valence-corrected chi connectivity index (χ3v) is 3.14. The average molecular weight is 251 g/mol. The van der Waals surface area contributed by atoms with E-state index in [1.165, 1.54) is 0 Å². The zero-order valence-corrected chi connectivity index (χ0v) is 10.2. The zero-order chi connectivity index (χ0) is 13.4. The molecule has 0 aliphatic carbocycles. The molecule has 2 aromatic carbocycles. The summed E-state index contributed by atoms with van der Waals surface area (Å²) >= 11 is 0. The van der Waals surface area contributed by atoms with Gasteiger partial charge in [-0.25, -0.2) is 0 Å². The number of aromatic amines is 1. The Bertz CT molecular complexity index is 821. The second-order valence-corrected chi connectivity index (χ2v) is 4.44. The second-order valence-electron chi connectivity index (χ2n) is 4.44. The molecule has 3 rings (SSSR count). The Balaban J connectivity index is 2.25. The van der Waals surface area contributed by atoms with Crippen molar-refractivity contribution >= 4 is 22.3 Å². The van der Waals surface area contributed by atoms with E-state index in [2.05, 4.69) is 4.98 Å². The van der Waals surface area contributed by atoms with Crippen LogP contribution in [0.3, 0.4) is 0 Å². The van der Waals surface area contributed by atoms with Gasteiger partial charge in [-0.2, -0.15) is 0 Å². The van der Waals surface area contributed by atoms with Crippen molar-refractivity contribution in [2.75, 3.05) is 11.5 Å². The number of para-hydroxylation sites is 1. The molecule has 0 radical (unpaired) electrons. The maximum atomic E-state index is 12.0. The molecule has 0 unspecified atom stereocenters. The number of H-pyrrole nitrogens is 1. The van der Waals surface area contributed by atoms with Gasteiger partial charge in [0.2, 0.25) is 0 Å². The summed E-state index contributed by atoms with van der Waals surface area (Å²) in [4.78, 5) is 15.3. The number of nitrogens with one attached hydrogen (secondary N) is 1. The highest BCUT2D eigenvalue weighted by Gasteiger charge is 2.05. The molecule has 0 saturated heterocycles. The highest BCUT2D eigenvalue weighted by Crippen LogP contribution is 2.24. The standard InChI is InChI=1S/C15H13N3O/c16-11-6-5-9(7-12(11)17)14-8-15(19)10-3-1-2-4-13(10)18-14/h1-8H,16-17H2,(H,18,19). The molecule has 0 amide bonds. The second kappa shape index (κ2) is 4.17. The average Bonchev–Trinajstić information content (AvgIpc) is 2.42. The van der Waals surface area contributed by atoms with Crippen molar-refractivity contribution in [3.63, 3.8) is 0 Å². The molecule has 0 fully saturated rings. The first-order chi connectivity index (χ1) is 9.15. The van der Waals surface area contributed by atoms with Crippen molar-refractivity contribution in [1.82, 2.24) is 4.98 Å². The first-order valence-electron chi connectivity index (χ1n) is 5.92. The lowest BCUT2D eigenvalue weighted by Crippen LogP contribution is -2.03. The van der Waals surface area contributed by atoms with Crippen LogP contribution in [0.25, 0.3) is 22.2 Å². The number of nitrogen functional groups attached to an aromatic ring is 2. The van der Waals surface area contributed by atoms with Crippen LogP contribution in [0.1, 0.15) is 0 Å². The molecule has 5 N–H and O–H groups in total. The third-order valence-electron chi connectivity index (χ3n) is 3.14. The lowest BCUT2D eigenvalue weighted by Gasteiger charge is -2.07. The van der Waals surface area contributed by atoms with E-state index in [4.69, 9.17) is 11.5 Å². The minimum atomic E-state index is -0.0141. The summed E-state index contributed by atoms with van der Waals surface area (Å²) in [5.41, 5.74) is 14.9. The molecule has 0 saturated carbocycles. The molecule has 4 nitrogen and oxygen atoms in total. The highest BCUT2D eigenvalue weighted by atomic mass is 16.1. The summed E-state index contributed by atoms with van der Waals surface area (Å²) in [7, 11) is 0. The lowest BCUT2D eigenvalue weighted by molar-refractivity contribution is 1.38. The molecule has 19 heavy (non-hydrogen) atoms. The fourth-order valence-corrected chi connectivity index (χ4v) is 2.09. The lowest BCUT2D eigenvalue weighted by atomic mass is 10.1. The Kier molecular flexibility index (Phi) is 2.49. The van der Waals surface area contributed by atoms with E-state index in [-0.39, 0.29) is 5.43 Å². The van der Waals surface area contributed by atoms with E-state index in [0.717, 1.165) is 16.8 Å². The van der Waals surface area contributed by atoms with Crippen molar-refractivity contribution in [1.29, 1.82) is 0 Å². The highest BCUT2D eigenvalue weighted by molar-refractivity contribution is 5.82. The van der Waals surface area contributed by atoms with Gasteiger partial charge in [-0.05, 0) is 24.3 Å². The Labute approximate surface area is 109 Å². The minimum Gasteiger partial charge on any atom is -0.397 e. The molecule has 0 atom stereocenters. The van der Waals surface area contributed by atoms with E-state index in [1.54, 1.807) is 24.3 Å². The predicted molar refractivity (Wildman–Crippen MR) is 78.8 cm³/mol. The SMILES string of the molecule is Nc1ccc(-c2cc(=O)c3ccccc3[nH]2)cc1N. The van der Waals surface area contributed by atoms with Gasteiger partial charge in [0.05, 0.1) is 11.4 Å². The molecule has 4 heteroatoms. The van der Waals surface area contributed by atoms with Crippen molar-refractivity contribution < 1.29 is 0 Å². The topological polar surface area (TPSA) is 84.9 Å². The minimum absolute atomic E-state index is 0.0141. The van der Waals surface area contributed by atoms with Gasteiger partial charge >= 0.3 is 0 Å². The van der Waals surface area contributed by atoms with E-state index >= 15 is 0 Å². The van der Waals surface area contributed by atoms with Crippen LogP contribution >= 0.6 is 0 Å². The first kappa shape index (κ1) is 11.3. The van der Waals surface area contributed by atoms with E-state index < -0.39 is 0 Å². The van der Waals surface area contributed by atoms with Crippen LogP contribution in [0, 0.1) is 0 Å². The molecule has 0 aliphatic heterocycles. The maximum Gasteiger partial charge on any atom is 0.190 e. The fourth-order valence-electron chi connectivity index (χ4n) is 2.09. The van der Waals surface area contributed by atoms with Crippen LogP contribution in [-0.4, -0.2) is 4.98 Å². The number of hydrogen-bond acceptors (Lipinski definition) is 3. The number of pyridine rings is 1. The third kappa shape index (κ3) is 1.93. The number of benzene rings is 2. The van der Waals surface area contributed by atoms with Gasteiger partial charge in [0.15, 0.2) is 5.43 Å². The van der Waals surface area contributed by atoms with Crippen LogP contribution in [0.2, 0.25) is 0 Å². The van der Waals surface area contributed by atoms with Gasteiger partial charge in [-0.15, -0.1) is 0 Å². The quantitative estimate of drug-likeness (QED) is 0.580. The van der Waals surface area contributed by atoms with Crippen molar-refractivity contribution in [3.8, 4) is 11.3 Å². The molecule has 1 aromatic heterocycles. The molecule has 1 heterocycles. The number of aromatic nitrogens is 1. The van der Waals surface area contributed by atoms with Crippen LogP contribution in [-0.2, 0) is 0 Å². The molecule has 0 aliphatic rings. The number of hydrogen-bond donors (Lipinski definition) is 3. The van der Waals surface area contributed by atoms with Gasteiger partial charge in [-0.1, -0.05) is 18.2 Å². The number of nitrogens with two attached hydrogens (primary N) is 2. The van der Waals surface area contributed by atoms with Gasteiger partial charge in [0.25, 0.3) is 0 Å². The summed E-state index contributed by atoms with van der Waals surface area (Å²) in [5.74, 6) is 0. The molecular weight excluding hydrogens is 238 g/mol. The summed E-state index contributed by atoms with van der Waals surface area (Å²) in [5, 5.41) is 0.676. The Morgan fingerprint density at radius 1 is 0.895 bits per heavy atom. The maximum absolute atomic E-state index is 12.0. The normalized spacial score (nSPS) is 10.7. The van der Waals surface area contributed by atoms with Crippen molar-refractivity contribution in [2.24, 2.45) is 0 Å². The summed E-state index contributed by atoms with van der Waals surface area (Å²) in [6.07, 6.45) is 0. The van der Waals surface area contributed by atoms with Crippen LogP contribution in [0.5, 0.6) is 0 Å². The molecule has 94 valence electrons. The summed E-state index contributed by atoms with van der Waals surface area (Å²) < 4.78 is 0. The Morgan fingerprint density at radius 2 is 1.68 bits per heavy atom. The van der Waals surface area contributed by atoms with Gasteiger partial charge in [0, 0.05) is 28.2 Å². The number of rotatable bonds is 1. The zero-order valence-electron chi connectivity index (χ0n) is 10.2. The van der Waals surface area contributed by atoms with Gasteiger partial charge in [-0.3, -0.25) is 4.79 Å². The molecule has 0 bridgehead atoms. The van der Waals surface area contributed by atoms with Gasteiger partial charge < -0.3 is 16.5 Å². The van der Waals surface area contributed by atoms with E-state index in [0.29, 0.717) is 16.8 Å². The summed E-state index contributed by atoms with van der Waals surface area (Å²) in [6, 6.07) is 14.3. The first-order valence-corrected chi connectivity index (χ1v) is 5.92. The van der Waals surface area contributed by atoms with Crippen LogP contribution in [0.4, 0.5) is 11.4 Å². The van der Waals surface area contributed by atoms with E-state index in [1.807, 2.05) is 24.3 Å². The Hall–Kier alpha value is -2.75. The largest absolute Gasteiger partial charge is 0.397 e. The predicted octanol–water partition coefficient (Wildman–Crippen LogP) is 2.36. The van der Waals surface area contributed by atoms with Crippen LogP contribution < -0.4 is 16.9 Å². The monoisotopic (exact) mass is 251 g/mol. The molecule has 3 aromatic rings. The number of fused-ring (bicyclic) bond motifs is 1. The molecular formula is C15H13N3O. The van der Waals surface area contributed by atoms with Crippen molar-refractivity contribution in [3.05, 3.63) is 58.8 Å². The Morgan fingerprint density at radius 3 is 2.47 bits per heavy atom. The van der Waals surface area contributed by atoms with Crippen molar-refractivity contribution in [2.45, 2.75) is 0 Å². The van der Waals surface area contributed by atoms with Crippen LogP contribution in [0.15, 0.2) is 53.3 Å². The van der Waals surface area contributed by atoms with E-state index in [9.17, 15) is 4.79 Å². The smallest absolute Gasteiger partial charge is 0.190 e.